The topological polar surface area (TPSA) is 69.6 Å². The molecule has 0 fully saturated rings. The zero-order valence-corrected chi connectivity index (χ0v) is 12.0. The SMILES string of the molecule is C=C(CCNC(=O)N(CC)c1cccc(Cl)c1)C(=O)O. The van der Waals surface area contributed by atoms with Crippen LogP contribution in [-0.2, 0) is 4.79 Å². The van der Waals surface area contributed by atoms with Gasteiger partial charge in [-0.15, -0.1) is 0 Å². The fraction of sp³-hybridized carbons (Fsp3) is 0.286. The van der Waals surface area contributed by atoms with Gasteiger partial charge >= 0.3 is 12.0 Å². The first-order chi connectivity index (χ1) is 9.45. The van der Waals surface area contributed by atoms with Gasteiger partial charge in [0.2, 0.25) is 0 Å². The van der Waals surface area contributed by atoms with Crippen molar-refractivity contribution in [3.05, 3.63) is 41.4 Å². The number of anilines is 1. The summed E-state index contributed by atoms with van der Waals surface area (Å²) < 4.78 is 0. The number of rotatable bonds is 6. The number of halogens is 1. The fourth-order valence-electron chi connectivity index (χ4n) is 1.61. The maximum Gasteiger partial charge on any atom is 0.331 e. The van der Waals surface area contributed by atoms with Gasteiger partial charge < -0.3 is 10.4 Å². The van der Waals surface area contributed by atoms with Crippen molar-refractivity contribution >= 4 is 29.3 Å². The Morgan fingerprint density at radius 2 is 2.15 bits per heavy atom. The third-order valence-corrected chi connectivity index (χ3v) is 2.92. The molecular formula is C14H17ClN2O3. The number of carboxylic acid groups (broad SMARTS) is 1. The van der Waals surface area contributed by atoms with Crippen LogP contribution in [0, 0.1) is 0 Å². The van der Waals surface area contributed by atoms with Crippen LogP contribution in [0.1, 0.15) is 13.3 Å². The van der Waals surface area contributed by atoms with Gasteiger partial charge in [-0.1, -0.05) is 24.2 Å². The second kappa shape index (κ2) is 7.55. The average Bonchev–Trinajstić information content (AvgIpc) is 2.39. The van der Waals surface area contributed by atoms with Crippen LogP contribution in [0.4, 0.5) is 10.5 Å². The molecule has 0 spiro atoms. The van der Waals surface area contributed by atoms with Crippen molar-refractivity contribution in [2.45, 2.75) is 13.3 Å². The highest BCUT2D eigenvalue weighted by molar-refractivity contribution is 6.30. The van der Waals surface area contributed by atoms with Crippen molar-refractivity contribution in [3.8, 4) is 0 Å². The second-order valence-corrected chi connectivity index (χ2v) is 4.55. The fourth-order valence-corrected chi connectivity index (χ4v) is 1.79. The lowest BCUT2D eigenvalue weighted by Crippen LogP contribution is -2.40. The molecule has 108 valence electrons. The van der Waals surface area contributed by atoms with E-state index in [9.17, 15) is 9.59 Å². The van der Waals surface area contributed by atoms with Crippen molar-refractivity contribution < 1.29 is 14.7 Å². The van der Waals surface area contributed by atoms with Crippen LogP contribution in [0.2, 0.25) is 5.02 Å². The van der Waals surface area contributed by atoms with Gasteiger partial charge in [0.15, 0.2) is 0 Å². The highest BCUT2D eigenvalue weighted by Gasteiger charge is 2.14. The summed E-state index contributed by atoms with van der Waals surface area (Å²) in [6, 6.07) is 6.67. The van der Waals surface area contributed by atoms with Crippen LogP contribution in [0.5, 0.6) is 0 Å². The van der Waals surface area contributed by atoms with E-state index < -0.39 is 5.97 Å². The van der Waals surface area contributed by atoms with Crippen molar-refractivity contribution in [1.29, 1.82) is 0 Å². The molecule has 2 amide bonds. The molecule has 0 aliphatic heterocycles. The van der Waals surface area contributed by atoms with Gasteiger partial charge in [-0.05, 0) is 31.5 Å². The zero-order chi connectivity index (χ0) is 15.1. The molecule has 0 heterocycles. The second-order valence-electron chi connectivity index (χ2n) is 4.11. The smallest absolute Gasteiger partial charge is 0.331 e. The number of benzene rings is 1. The van der Waals surface area contributed by atoms with E-state index in [2.05, 4.69) is 11.9 Å². The molecule has 0 bridgehead atoms. The van der Waals surface area contributed by atoms with Gasteiger partial charge in [-0.3, -0.25) is 4.90 Å². The minimum Gasteiger partial charge on any atom is -0.478 e. The summed E-state index contributed by atoms with van der Waals surface area (Å²) in [5.41, 5.74) is 0.755. The standard InChI is InChI=1S/C14H17ClN2O3/c1-3-17(12-6-4-5-11(15)9-12)14(20)16-8-7-10(2)13(18)19/h4-6,9H,2-3,7-8H2,1H3,(H,16,20)(H,18,19). The first kappa shape index (κ1) is 16.0. The molecule has 0 radical (unpaired) electrons. The Hall–Kier alpha value is -2.01. The molecule has 5 nitrogen and oxygen atoms in total. The molecule has 0 aromatic heterocycles. The Bertz CT molecular complexity index is 517. The van der Waals surface area contributed by atoms with E-state index in [4.69, 9.17) is 16.7 Å². The number of urea groups is 1. The van der Waals surface area contributed by atoms with Crippen molar-refractivity contribution in [2.75, 3.05) is 18.0 Å². The van der Waals surface area contributed by atoms with Crippen LogP contribution >= 0.6 is 11.6 Å². The summed E-state index contributed by atoms with van der Waals surface area (Å²) >= 11 is 5.90. The van der Waals surface area contributed by atoms with E-state index in [1.54, 1.807) is 24.3 Å². The Kier molecular flexibility index (Phi) is 6.06. The zero-order valence-electron chi connectivity index (χ0n) is 11.2. The number of nitrogens with zero attached hydrogens (tertiary/aromatic N) is 1. The van der Waals surface area contributed by atoms with E-state index >= 15 is 0 Å². The molecule has 0 atom stereocenters. The summed E-state index contributed by atoms with van der Waals surface area (Å²) in [5.74, 6) is -1.05. The number of carbonyl (C=O) groups excluding carboxylic acids is 1. The van der Waals surface area contributed by atoms with Gasteiger partial charge in [0, 0.05) is 29.4 Å². The number of amides is 2. The van der Waals surface area contributed by atoms with E-state index in [0.29, 0.717) is 17.3 Å². The van der Waals surface area contributed by atoms with Gasteiger partial charge in [0.25, 0.3) is 0 Å². The van der Waals surface area contributed by atoms with Gasteiger partial charge in [-0.25, -0.2) is 9.59 Å². The first-order valence-electron chi connectivity index (χ1n) is 6.17. The molecular weight excluding hydrogens is 280 g/mol. The average molecular weight is 297 g/mol. The maximum atomic E-state index is 12.0. The predicted octanol–water partition coefficient (Wildman–Crippen LogP) is 2.91. The molecule has 0 aliphatic rings. The highest BCUT2D eigenvalue weighted by Crippen LogP contribution is 2.19. The monoisotopic (exact) mass is 296 g/mol. The molecule has 1 aromatic rings. The number of nitrogens with one attached hydrogen (secondary N) is 1. The van der Waals surface area contributed by atoms with Crippen molar-refractivity contribution in [1.82, 2.24) is 5.32 Å². The number of aliphatic carboxylic acids is 1. The normalized spacial score (nSPS) is 9.90. The molecule has 1 aromatic carbocycles. The predicted molar refractivity (Wildman–Crippen MR) is 79.3 cm³/mol. The molecule has 0 saturated heterocycles. The summed E-state index contributed by atoms with van der Waals surface area (Å²) in [4.78, 5) is 24.1. The molecule has 1 rings (SSSR count). The third kappa shape index (κ3) is 4.59. The lowest BCUT2D eigenvalue weighted by molar-refractivity contribution is -0.132. The molecule has 0 unspecified atom stereocenters. The summed E-state index contributed by atoms with van der Waals surface area (Å²) in [7, 11) is 0. The Balaban J connectivity index is 2.60. The van der Waals surface area contributed by atoms with E-state index in [0.717, 1.165) is 0 Å². The number of carboxylic acids is 1. The minimum absolute atomic E-state index is 0.0658. The van der Waals surface area contributed by atoms with Crippen molar-refractivity contribution in [3.63, 3.8) is 0 Å². The first-order valence-corrected chi connectivity index (χ1v) is 6.55. The van der Waals surface area contributed by atoms with Crippen LogP contribution in [0.25, 0.3) is 0 Å². The van der Waals surface area contributed by atoms with Crippen LogP contribution in [0.3, 0.4) is 0 Å². The van der Waals surface area contributed by atoms with Crippen LogP contribution < -0.4 is 10.2 Å². The van der Waals surface area contributed by atoms with Crippen LogP contribution in [0.15, 0.2) is 36.4 Å². The highest BCUT2D eigenvalue weighted by atomic mass is 35.5. The number of hydrogen-bond donors (Lipinski definition) is 2. The molecule has 20 heavy (non-hydrogen) atoms. The lowest BCUT2D eigenvalue weighted by Gasteiger charge is -2.21. The Labute approximate surface area is 122 Å². The van der Waals surface area contributed by atoms with Gasteiger partial charge in [0.1, 0.15) is 0 Å². The minimum atomic E-state index is -1.05. The Morgan fingerprint density at radius 3 is 2.70 bits per heavy atom. The third-order valence-electron chi connectivity index (χ3n) is 2.69. The molecule has 2 N–H and O–H groups in total. The molecule has 6 heteroatoms. The molecule has 0 aliphatic carbocycles. The summed E-state index contributed by atoms with van der Waals surface area (Å²) in [5, 5.41) is 11.9. The lowest BCUT2D eigenvalue weighted by atomic mass is 10.2. The van der Waals surface area contributed by atoms with E-state index in [1.165, 1.54) is 4.90 Å². The summed E-state index contributed by atoms with van der Waals surface area (Å²) in [6.07, 6.45) is 0.203. The van der Waals surface area contributed by atoms with Gasteiger partial charge in [0.05, 0.1) is 0 Å². The van der Waals surface area contributed by atoms with E-state index in [1.807, 2.05) is 6.92 Å². The quantitative estimate of drug-likeness (QED) is 0.793. The van der Waals surface area contributed by atoms with Crippen molar-refractivity contribution in [2.24, 2.45) is 0 Å². The summed E-state index contributed by atoms with van der Waals surface area (Å²) in [6.45, 7) is 5.95. The molecule has 0 saturated carbocycles. The largest absolute Gasteiger partial charge is 0.478 e. The number of carbonyl (C=O) groups is 2. The number of hydrogen-bond acceptors (Lipinski definition) is 2. The van der Waals surface area contributed by atoms with E-state index in [-0.39, 0.29) is 24.6 Å². The van der Waals surface area contributed by atoms with Gasteiger partial charge in [-0.2, -0.15) is 0 Å². The Morgan fingerprint density at radius 1 is 1.45 bits per heavy atom. The van der Waals surface area contributed by atoms with Crippen LogP contribution in [-0.4, -0.2) is 30.2 Å². The maximum absolute atomic E-state index is 12.0.